The molecule has 6 heteroatoms. The molecule has 1 aromatic carbocycles. The third kappa shape index (κ3) is 7.77. The number of ether oxygens (including phenoxy) is 2. The molecule has 1 aliphatic rings. The highest BCUT2D eigenvalue weighted by Gasteiger charge is 2.14. The van der Waals surface area contributed by atoms with Crippen molar-refractivity contribution in [1.29, 1.82) is 0 Å². The minimum atomic E-state index is 0.555. The lowest BCUT2D eigenvalue weighted by Gasteiger charge is -2.30. The first-order valence-corrected chi connectivity index (χ1v) is 9.91. The van der Waals surface area contributed by atoms with Gasteiger partial charge in [-0.1, -0.05) is 13.0 Å². The zero-order valence-electron chi connectivity index (χ0n) is 17.6. The highest BCUT2D eigenvalue weighted by molar-refractivity contribution is 5.79. The molecule has 1 aromatic rings. The molecule has 1 atom stereocenters. The van der Waals surface area contributed by atoms with E-state index < -0.39 is 0 Å². The van der Waals surface area contributed by atoms with Gasteiger partial charge in [-0.05, 0) is 43.0 Å². The first-order chi connectivity index (χ1) is 13.0. The number of aliphatic imine (C=N–C) groups is 1. The Morgan fingerprint density at radius 3 is 2.56 bits per heavy atom. The van der Waals surface area contributed by atoms with Crippen molar-refractivity contribution in [2.75, 3.05) is 66.6 Å². The van der Waals surface area contributed by atoms with Gasteiger partial charge in [0.2, 0.25) is 0 Å². The molecule has 1 fully saturated rings. The Morgan fingerprint density at radius 2 is 1.93 bits per heavy atom. The van der Waals surface area contributed by atoms with E-state index >= 15 is 0 Å². The fourth-order valence-electron chi connectivity index (χ4n) is 3.36. The van der Waals surface area contributed by atoms with E-state index in [1.807, 2.05) is 14.1 Å². The highest BCUT2D eigenvalue weighted by Crippen LogP contribution is 2.16. The van der Waals surface area contributed by atoms with E-state index in [1.54, 1.807) is 0 Å². The summed E-state index contributed by atoms with van der Waals surface area (Å²) in [6.07, 6.45) is 0. The summed E-state index contributed by atoms with van der Waals surface area (Å²) in [7, 11) is 3.88. The summed E-state index contributed by atoms with van der Waals surface area (Å²) in [5.41, 5.74) is 2.45. The topological polar surface area (TPSA) is 49.3 Å². The number of nitrogens with zero attached hydrogens (tertiary/aromatic N) is 3. The van der Waals surface area contributed by atoms with E-state index in [-0.39, 0.29) is 0 Å². The summed E-state index contributed by atoms with van der Waals surface area (Å²) in [6.45, 7) is 13.7. The van der Waals surface area contributed by atoms with Crippen LogP contribution < -0.4 is 10.1 Å². The maximum absolute atomic E-state index is 5.92. The van der Waals surface area contributed by atoms with E-state index in [0.29, 0.717) is 12.5 Å². The number of guanidine groups is 1. The lowest BCUT2D eigenvalue weighted by atomic mass is 10.1. The van der Waals surface area contributed by atoms with Crippen LogP contribution in [0.1, 0.15) is 18.1 Å². The maximum Gasteiger partial charge on any atom is 0.193 e. The molecule has 27 heavy (non-hydrogen) atoms. The van der Waals surface area contributed by atoms with E-state index in [9.17, 15) is 0 Å². The second kappa shape index (κ2) is 11.1. The Bertz CT molecular complexity index is 580. The van der Waals surface area contributed by atoms with Crippen LogP contribution in [0.3, 0.4) is 0 Å². The molecule has 0 aromatic heterocycles. The van der Waals surface area contributed by atoms with Crippen molar-refractivity contribution < 1.29 is 9.47 Å². The molecule has 1 aliphatic heterocycles. The quantitative estimate of drug-likeness (QED) is 0.557. The van der Waals surface area contributed by atoms with Gasteiger partial charge < -0.3 is 19.7 Å². The number of benzene rings is 1. The molecular weight excluding hydrogens is 340 g/mol. The zero-order chi connectivity index (χ0) is 19.6. The maximum atomic E-state index is 5.92. The van der Waals surface area contributed by atoms with Gasteiger partial charge in [-0.2, -0.15) is 0 Å². The standard InChI is InChI=1S/C21H36N4O2/c1-17-12-18(2)14-20(13-17)27-11-6-24(5)21(22-4)23-15-19(3)16-25-7-9-26-10-8-25/h12-14,19H,6-11,15-16H2,1-5H3,(H,22,23). The molecule has 152 valence electrons. The number of rotatable bonds is 8. The van der Waals surface area contributed by atoms with Gasteiger partial charge in [0.25, 0.3) is 0 Å². The Kier molecular flexibility index (Phi) is 8.88. The molecule has 1 heterocycles. The van der Waals surface area contributed by atoms with Crippen LogP contribution in [-0.4, -0.2) is 82.4 Å². The minimum absolute atomic E-state index is 0.555. The number of hydrogen-bond donors (Lipinski definition) is 1. The predicted molar refractivity (Wildman–Crippen MR) is 112 cm³/mol. The van der Waals surface area contributed by atoms with Gasteiger partial charge in [0, 0.05) is 40.3 Å². The van der Waals surface area contributed by atoms with Crippen molar-refractivity contribution in [3.05, 3.63) is 29.3 Å². The largest absolute Gasteiger partial charge is 0.492 e. The molecule has 1 N–H and O–H groups in total. The van der Waals surface area contributed by atoms with Crippen LogP contribution >= 0.6 is 0 Å². The molecule has 0 spiro atoms. The lowest BCUT2D eigenvalue weighted by Crippen LogP contribution is -2.45. The average Bonchev–Trinajstić information content (AvgIpc) is 2.62. The lowest BCUT2D eigenvalue weighted by molar-refractivity contribution is 0.0320. The fourth-order valence-corrected chi connectivity index (χ4v) is 3.36. The van der Waals surface area contributed by atoms with E-state index in [4.69, 9.17) is 9.47 Å². The van der Waals surface area contributed by atoms with Crippen molar-refractivity contribution >= 4 is 5.96 Å². The number of likely N-dealkylation sites (N-methyl/N-ethyl adjacent to an activating group) is 1. The van der Waals surface area contributed by atoms with Gasteiger partial charge in [0.15, 0.2) is 5.96 Å². The normalized spacial score (nSPS) is 16.9. The summed E-state index contributed by atoms with van der Waals surface area (Å²) < 4.78 is 11.3. The first-order valence-electron chi connectivity index (χ1n) is 9.91. The van der Waals surface area contributed by atoms with Crippen molar-refractivity contribution in [3.63, 3.8) is 0 Å². The number of aryl methyl sites for hydroxylation is 2. The van der Waals surface area contributed by atoms with Crippen LogP contribution in [0.5, 0.6) is 5.75 Å². The Hall–Kier alpha value is -1.79. The molecule has 0 aliphatic carbocycles. The van der Waals surface area contributed by atoms with Gasteiger partial charge in [0.1, 0.15) is 12.4 Å². The van der Waals surface area contributed by atoms with Gasteiger partial charge >= 0.3 is 0 Å². The average molecular weight is 377 g/mol. The van der Waals surface area contributed by atoms with Crippen molar-refractivity contribution in [3.8, 4) is 5.75 Å². The van der Waals surface area contributed by atoms with Crippen molar-refractivity contribution in [2.45, 2.75) is 20.8 Å². The summed E-state index contributed by atoms with van der Waals surface area (Å²) >= 11 is 0. The molecule has 0 saturated carbocycles. The number of hydrogen-bond acceptors (Lipinski definition) is 4. The van der Waals surface area contributed by atoms with Crippen LogP contribution in [0.4, 0.5) is 0 Å². The summed E-state index contributed by atoms with van der Waals surface area (Å²) in [5.74, 6) is 2.40. The first kappa shape index (κ1) is 21.5. The van der Waals surface area contributed by atoms with Gasteiger partial charge in [-0.3, -0.25) is 9.89 Å². The number of nitrogens with one attached hydrogen (secondary N) is 1. The SMILES string of the molecule is CN=C(NCC(C)CN1CCOCC1)N(C)CCOc1cc(C)cc(C)c1. The molecule has 0 radical (unpaired) electrons. The number of morpholine rings is 1. The minimum Gasteiger partial charge on any atom is -0.492 e. The zero-order valence-corrected chi connectivity index (χ0v) is 17.6. The van der Waals surface area contributed by atoms with Crippen molar-refractivity contribution in [1.82, 2.24) is 15.1 Å². The predicted octanol–water partition coefficient (Wildman–Crippen LogP) is 2.16. The summed E-state index contributed by atoms with van der Waals surface area (Å²) in [5, 5.41) is 3.49. The van der Waals surface area contributed by atoms with Gasteiger partial charge in [0.05, 0.1) is 19.8 Å². The second-order valence-electron chi connectivity index (χ2n) is 7.54. The molecule has 2 rings (SSSR count). The smallest absolute Gasteiger partial charge is 0.193 e. The van der Waals surface area contributed by atoms with Crippen LogP contribution in [0.25, 0.3) is 0 Å². The van der Waals surface area contributed by atoms with E-state index in [2.05, 4.69) is 59.1 Å². The van der Waals surface area contributed by atoms with Crippen LogP contribution in [-0.2, 0) is 4.74 Å². The van der Waals surface area contributed by atoms with E-state index in [0.717, 1.165) is 57.6 Å². The third-order valence-corrected chi connectivity index (χ3v) is 4.75. The molecule has 1 unspecified atom stereocenters. The molecular formula is C21H36N4O2. The van der Waals surface area contributed by atoms with Gasteiger partial charge in [-0.15, -0.1) is 0 Å². The van der Waals surface area contributed by atoms with Gasteiger partial charge in [-0.25, -0.2) is 0 Å². The van der Waals surface area contributed by atoms with Crippen LogP contribution in [0, 0.1) is 19.8 Å². The molecule has 6 nitrogen and oxygen atoms in total. The fraction of sp³-hybridized carbons (Fsp3) is 0.667. The second-order valence-corrected chi connectivity index (χ2v) is 7.54. The summed E-state index contributed by atoms with van der Waals surface area (Å²) in [4.78, 5) is 8.99. The molecule has 1 saturated heterocycles. The highest BCUT2D eigenvalue weighted by atomic mass is 16.5. The Balaban J connectivity index is 1.70. The van der Waals surface area contributed by atoms with E-state index in [1.165, 1.54) is 11.1 Å². The van der Waals surface area contributed by atoms with Crippen molar-refractivity contribution in [2.24, 2.45) is 10.9 Å². The molecule has 0 bridgehead atoms. The Labute approximate surface area is 164 Å². The van der Waals surface area contributed by atoms with Crippen LogP contribution in [0.15, 0.2) is 23.2 Å². The molecule has 0 amide bonds. The monoisotopic (exact) mass is 376 g/mol. The third-order valence-electron chi connectivity index (χ3n) is 4.75. The Morgan fingerprint density at radius 1 is 1.26 bits per heavy atom. The summed E-state index contributed by atoms with van der Waals surface area (Å²) in [6, 6.07) is 6.31. The van der Waals surface area contributed by atoms with Crippen LogP contribution in [0.2, 0.25) is 0 Å².